The van der Waals surface area contributed by atoms with Crippen LogP contribution in [0.25, 0.3) is 0 Å². The van der Waals surface area contributed by atoms with Gasteiger partial charge in [0.15, 0.2) is 0 Å². The van der Waals surface area contributed by atoms with Crippen LogP contribution in [-0.2, 0) is 0 Å². The quantitative estimate of drug-likeness (QED) is 0.634. The molecule has 22 heavy (non-hydrogen) atoms. The molecule has 0 aliphatic carbocycles. The van der Waals surface area contributed by atoms with E-state index < -0.39 is 8.07 Å². The minimum atomic E-state index is -1.78. The third-order valence-corrected chi connectivity index (χ3v) is 8.71. The summed E-state index contributed by atoms with van der Waals surface area (Å²) < 4.78 is 0. The maximum atomic E-state index is 6.25. The Morgan fingerprint density at radius 1 is 1.23 bits per heavy atom. The van der Waals surface area contributed by atoms with Crippen LogP contribution in [0.15, 0.2) is 42.6 Å². The maximum Gasteiger partial charge on any atom is 0.128 e. The van der Waals surface area contributed by atoms with Crippen LogP contribution in [0.1, 0.15) is 24.4 Å². The zero-order valence-electron chi connectivity index (χ0n) is 13.5. The summed E-state index contributed by atoms with van der Waals surface area (Å²) in [6.07, 6.45) is 4.49. The second kappa shape index (κ2) is 6.15. The lowest BCUT2D eigenvalue weighted by atomic mass is 10.1. The molecule has 1 atom stereocenters. The van der Waals surface area contributed by atoms with Gasteiger partial charge in [0, 0.05) is 12.2 Å². The van der Waals surface area contributed by atoms with Gasteiger partial charge in [-0.1, -0.05) is 60.2 Å². The van der Waals surface area contributed by atoms with E-state index in [1.807, 2.05) is 6.20 Å². The Hall–Kier alpha value is -1.16. The minimum absolute atomic E-state index is 0.482. The molecule has 0 saturated carbocycles. The van der Waals surface area contributed by atoms with Crippen LogP contribution in [0.3, 0.4) is 0 Å². The molecular formula is C18H23ClN2Si. The molecule has 0 amide bonds. The third kappa shape index (κ3) is 2.85. The number of halogens is 1. The van der Waals surface area contributed by atoms with Crippen molar-refractivity contribution in [3.63, 3.8) is 0 Å². The average Bonchev–Trinajstić information content (AvgIpc) is 2.94. The van der Waals surface area contributed by atoms with Crippen LogP contribution in [0.5, 0.6) is 0 Å². The van der Waals surface area contributed by atoms with Gasteiger partial charge in [-0.3, -0.25) is 4.90 Å². The SMILES string of the molecule is CN1CCCC1c1cnc(Cl)cc1[Si](C)(C)c1ccccc1. The number of hydrogen-bond donors (Lipinski definition) is 0. The summed E-state index contributed by atoms with van der Waals surface area (Å²) >= 11 is 6.25. The van der Waals surface area contributed by atoms with Gasteiger partial charge in [-0.05, 0) is 43.3 Å². The van der Waals surface area contributed by atoms with E-state index in [1.54, 1.807) is 0 Å². The first-order chi connectivity index (χ1) is 10.5. The molecule has 1 saturated heterocycles. The number of likely N-dealkylation sites (tertiary alicyclic amines) is 1. The number of rotatable bonds is 3. The number of benzene rings is 1. The molecule has 0 N–H and O–H groups in total. The molecule has 0 bridgehead atoms. The summed E-state index contributed by atoms with van der Waals surface area (Å²) in [5.74, 6) is 0. The highest BCUT2D eigenvalue weighted by atomic mass is 35.5. The minimum Gasteiger partial charge on any atom is -0.299 e. The van der Waals surface area contributed by atoms with Gasteiger partial charge in [0.05, 0.1) is 0 Å². The summed E-state index contributed by atoms with van der Waals surface area (Å²) in [7, 11) is 0.436. The first kappa shape index (κ1) is 15.7. The van der Waals surface area contributed by atoms with Crippen molar-refractivity contribution < 1.29 is 0 Å². The van der Waals surface area contributed by atoms with E-state index in [1.165, 1.54) is 35.3 Å². The van der Waals surface area contributed by atoms with Crippen molar-refractivity contribution in [3.05, 3.63) is 53.3 Å². The highest BCUT2D eigenvalue weighted by Gasteiger charge is 2.33. The molecule has 0 spiro atoms. The summed E-state index contributed by atoms with van der Waals surface area (Å²) in [6, 6.07) is 13.4. The summed E-state index contributed by atoms with van der Waals surface area (Å²) in [4.78, 5) is 6.84. The number of pyridine rings is 1. The molecule has 2 aromatic rings. The van der Waals surface area contributed by atoms with Crippen LogP contribution in [0, 0.1) is 0 Å². The first-order valence-corrected chi connectivity index (χ1v) is 11.3. The predicted octanol–water partition coefficient (Wildman–Crippen LogP) is 3.32. The predicted molar refractivity (Wildman–Crippen MR) is 97.0 cm³/mol. The van der Waals surface area contributed by atoms with Crippen LogP contribution in [-0.4, -0.2) is 31.6 Å². The molecule has 3 rings (SSSR count). The van der Waals surface area contributed by atoms with Gasteiger partial charge in [-0.2, -0.15) is 0 Å². The number of aromatic nitrogens is 1. The van der Waals surface area contributed by atoms with Crippen molar-refractivity contribution >= 4 is 30.0 Å². The van der Waals surface area contributed by atoms with Crippen molar-refractivity contribution in [1.82, 2.24) is 9.88 Å². The Kier molecular flexibility index (Phi) is 4.39. The lowest BCUT2D eigenvalue weighted by Gasteiger charge is -2.30. The second-order valence-corrected chi connectivity index (χ2v) is 11.5. The van der Waals surface area contributed by atoms with E-state index in [-0.39, 0.29) is 0 Å². The van der Waals surface area contributed by atoms with Crippen LogP contribution < -0.4 is 10.4 Å². The zero-order valence-corrected chi connectivity index (χ0v) is 15.3. The molecule has 1 aromatic heterocycles. The van der Waals surface area contributed by atoms with Crippen LogP contribution in [0.4, 0.5) is 0 Å². The molecule has 1 aromatic carbocycles. The van der Waals surface area contributed by atoms with Gasteiger partial charge in [0.1, 0.15) is 13.2 Å². The molecule has 1 aliphatic heterocycles. The van der Waals surface area contributed by atoms with Gasteiger partial charge in [0.2, 0.25) is 0 Å². The van der Waals surface area contributed by atoms with Crippen molar-refractivity contribution in [2.45, 2.75) is 32.0 Å². The first-order valence-electron chi connectivity index (χ1n) is 7.92. The molecule has 116 valence electrons. The number of hydrogen-bond acceptors (Lipinski definition) is 2. The van der Waals surface area contributed by atoms with Gasteiger partial charge < -0.3 is 0 Å². The Morgan fingerprint density at radius 3 is 2.59 bits per heavy atom. The van der Waals surface area contributed by atoms with Crippen LogP contribution >= 0.6 is 11.6 Å². The molecule has 1 unspecified atom stereocenters. The topological polar surface area (TPSA) is 16.1 Å². The molecule has 1 aliphatic rings. The van der Waals surface area contributed by atoms with Crippen LogP contribution in [0.2, 0.25) is 18.2 Å². The molecule has 2 nitrogen and oxygen atoms in total. The van der Waals surface area contributed by atoms with E-state index in [2.05, 4.69) is 66.4 Å². The fraction of sp³-hybridized carbons (Fsp3) is 0.389. The molecule has 4 heteroatoms. The van der Waals surface area contributed by atoms with Gasteiger partial charge in [0.25, 0.3) is 0 Å². The normalized spacial score (nSPS) is 19.5. The highest BCUT2D eigenvalue weighted by Crippen LogP contribution is 2.30. The molecule has 0 radical (unpaired) electrons. The molecular weight excluding hydrogens is 308 g/mol. The third-order valence-electron chi connectivity index (χ3n) is 4.95. The van der Waals surface area contributed by atoms with Crippen molar-refractivity contribution in [3.8, 4) is 0 Å². The van der Waals surface area contributed by atoms with E-state index in [4.69, 9.17) is 11.6 Å². The Bertz CT molecular complexity index is 657. The van der Waals surface area contributed by atoms with Crippen molar-refractivity contribution in [2.75, 3.05) is 13.6 Å². The highest BCUT2D eigenvalue weighted by molar-refractivity contribution is 7.00. The number of nitrogens with zero attached hydrogens (tertiary/aromatic N) is 2. The zero-order chi connectivity index (χ0) is 15.7. The lowest BCUT2D eigenvalue weighted by molar-refractivity contribution is 0.318. The smallest absolute Gasteiger partial charge is 0.128 e. The fourth-order valence-electron chi connectivity index (χ4n) is 3.56. The summed E-state index contributed by atoms with van der Waals surface area (Å²) in [5, 5.41) is 3.48. The maximum absolute atomic E-state index is 6.25. The molecule has 1 fully saturated rings. The Morgan fingerprint density at radius 2 is 1.95 bits per heavy atom. The molecule has 2 heterocycles. The summed E-state index contributed by atoms with van der Waals surface area (Å²) in [5.41, 5.74) is 1.38. The van der Waals surface area contributed by atoms with E-state index in [0.717, 1.165) is 0 Å². The Balaban J connectivity index is 2.11. The van der Waals surface area contributed by atoms with E-state index >= 15 is 0 Å². The van der Waals surface area contributed by atoms with Gasteiger partial charge >= 0.3 is 0 Å². The van der Waals surface area contributed by atoms with E-state index in [0.29, 0.717) is 11.2 Å². The second-order valence-electron chi connectivity index (χ2n) is 6.72. The largest absolute Gasteiger partial charge is 0.299 e. The summed E-state index contributed by atoms with van der Waals surface area (Å²) in [6.45, 7) is 5.99. The standard InChI is InChI=1S/C18H23ClN2Si/c1-21-11-7-10-16(21)15-13-20-18(19)12-17(15)22(2,3)14-8-5-4-6-9-14/h4-6,8-9,12-13,16H,7,10-11H2,1-3H3. The Labute approximate surface area is 139 Å². The van der Waals surface area contributed by atoms with Crippen molar-refractivity contribution in [2.24, 2.45) is 0 Å². The van der Waals surface area contributed by atoms with Gasteiger partial charge in [-0.25, -0.2) is 4.98 Å². The lowest BCUT2D eigenvalue weighted by Crippen LogP contribution is -2.55. The fourth-order valence-corrected chi connectivity index (χ4v) is 6.60. The average molecular weight is 331 g/mol. The van der Waals surface area contributed by atoms with E-state index in [9.17, 15) is 0 Å². The van der Waals surface area contributed by atoms with Gasteiger partial charge in [-0.15, -0.1) is 0 Å². The monoisotopic (exact) mass is 330 g/mol. The van der Waals surface area contributed by atoms with Crippen molar-refractivity contribution in [1.29, 1.82) is 0 Å².